The van der Waals surface area contributed by atoms with Crippen LogP contribution in [0.1, 0.15) is 0 Å². The van der Waals surface area contributed by atoms with E-state index in [1.165, 1.54) is 4.90 Å². The van der Waals surface area contributed by atoms with Gasteiger partial charge in [-0.1, -0.05) is 30.3 Å². The minimum atomic E-state index is -0.409. The van der Waals surface area contributed by atoms with Crippen LogP contribution in [-0.4, -0.2) is 77.6 Å². The first-order valence-corrected chi connectivity index (χ1v) is 9.03. The van der Waals surface area contributed by atoms with Gasteiger partial charge in [-0.3, -0.25) is 9.69 Å². The van der Waals surface area contributed by atoms with E-state index >= 15 is 0 Å². The summed E-state index contributed by atoms with van der Waals surface area (Å²) in [5, 5.41) is 0. The van der Waals surface area contributed by atoms with Crippen LogP contribution in [0, 0.1) is 0 Å². The van der Waals surface area contributed by atoms with Gasteiger partial charge >= 0.3 is 6.09 Å². The molecule has 0 spiro atoms. The number of hydrogen-bond donors (Lipinski definition) is 0. The Hall–Kier alpha value is -3.16. The van der Waals surface area contributed by atoms with Crippen LogP contribution in [0.5, 0.6) is 0 Å². The van der Waals surface area contributed by atoms with Gasteiger partial charge in [0.1, 0.15) is 13.2 Å². The molecule has 2 amide bonds. The molecule has 8 heteroatoms. The largest absolute Gasteiger partial charge is 0.448 e. The Labute approximate surface area is 157 Å². The van der Waals surface area contributed by atoms with E-state index in [9.17, 15) is 9.59 Å². The van der Waals surface area contributed by atoms with Crippen LogP contribution in [0.25, 0.3) is 11.3 Å². The predicted octanol–water partition coefficient (Wildman–Crippen LogP) is 1.24. The second-order valence-electron chi connectivity index (χ2n) is 6.51. The lowest BCUT2D eigenvalue weighted by Crippen LogP contribution is -2.51. The lowest BCUT2D eigenvalue weighted by atomic mass is 10.1. The van der Waals surface area contributed by atoms with E-state index in [4.69, 9.17) is 4.74 Å². The number of hydrogen-bond acceptors (Lipinski definition) is 6. The maximum absolute atomic E-state index is 12.4. The predicted molar refractivity (Wildman–Crippen MR) is 99.2 cm³/mol. The molecule has 0 aliphatic carbocycles. The standard InChI is InChI=1S/C19H21N5O3/c25-17(14-24-12-13-27-19(24)26)22-8-10-23(11-9-22)18-20-7-6-16(21-18)15-4-2-1-3-5-15/h1-7H,8-14H2. The summed E-state index contributed by atoms with van der Waals surface area (Å²) in [5.41, 5.74) is 1.93. The number of benzene rings is 1. The molecule has 2 aliphatic heterocycles. The Balaban J connectivity index is 1.36. The van der Waals surface area contributed by atoms with Crippen LogP contribution in [0.15, 0.2) is 42.6 Å². The quantitative estimate of drug-likeness (QED) is 0.809. The van der Waals surface area contributed by atoms with E-state index in [0.717, 1.165) is 11.3 Å². The first kappa shape index (κ1) is 17.3. The molecule has 2 aromatic rings. The Kier molecular flexibility index (Phi) is 4.86. The average Bonchev–Trinajstić information content (AvgIpc) is 3.13. The summed E-state index contributed by atoms with van der Waals surface area (Å²) in [5.74, 6) is 0.624. The Bertz CT molecular complexity index is 821. The smallest absolute Gasteiger partial charge is 0.410 e. The van der Waals surface area contributed by atoms with Gasteiger partial charge in [0.2, 0.25) is 11.9 Å². The van der Waals surface area contributed by atoms with E-state index in [2.05, 4.69) is 14.9 Å². The fourth-order valence-corrected chi connectivity index (χ4v) is 3.26. The fourth-order valence-electron chi connectivity index (χ4n) is 3.26. The van der Waals surface area contributed by atoms with Gasteiger partial charge in [0.05, 0.1) is 12.2 Å². The van der Waals surface area contributed by atoms with Crippen molar-refractivity contribution in [1.29, 1.82) is 0 Å². The maximum atomic E-state index is 12.4. The number of carbonyl (C=O) groups is 2. The zero-order chi connectivity index (χ0) is 18.6. The summed E-state index contributed by atoms with van der Waals surface area (Å²) in [6.07, 6.45) is 1.36. The van der Waals surface area contributed by atoms with Gasteiger partial charge in [-0.15, -0.1) is 0 Å². The van der Waals surface area contributed by atoms with Crippen molar-refractivity contribution in [2.24, 2.45) is 0 Å². The van der Waals surface area contributed by atoms with Crippen LogP contribution in [-0.2, 0) is 9.53 Å². The third kappa shape index (κ3) is 3.84. The average molecular weight is 367 g/mol. The molecule has 0 bridgehead atoms. The number of ether oxygens (including phenoxy) is 1. The van der Waals surface area contributed by atoms with Crippen LogP contribution in [0.2, 0.25) is 0 Å². The van der Waals surface area contributed by atoms with Crippen LogP contribution in [0.4, 0.5) is 10.7 Å². The van der Waals surface area contributed by atoms with Crippen LogP contribution < -0.4 is 4.90 Å². The van der Waals surface area contributed by atoms with E-state index < -0.39 is 6.09 Å². The zero-order valence-electron chi connectivity index (χ0n) is 15.0. The number of rotatable bonds is 4. The molecule has 2 fully saturated rings. The Morgan fingerprint density at radius 1 is 1.04 bits per heavy atom. The summed E-state index contributed by atoms with van der Waals surface area (Å²) >= 11 is 0. The minimum absolute atomic E-state index is 0.0487. The molecule has 8 nitrogen and oxygen atoms in total. The number of cyclic esters (lactones) is 1. The number of piperazine rings is 1. The van der Waals surface area contributed by atoms with Gasteiger partial charge in [0.25, 0.3) is 0 Å². The summed E-state index contributed by atoms with van der Waals surface area (Å²) in [6, 6.07) is 11.9. The van der Waals surface area contributed by atoms with Crippen molar-refractivity contribution < 1.29 is 14.3 Å². The highest BCUT2D eigenvalue weighted by Crippen LogP contribution is 2.19. The Morgan fingerprint density at radius 3 is 2.52 bits per heavy atom. The highest BCUT2D eigenvalue weighted by atomic mass is 16.6. The maximum Gasteiger partial charge on any atom is 0.410 e. The molecule has 0 atom stereocenters. The molecular formula is C19H21N5O3. The molecule has 2 aliphatic rings. The molecule has 140 valence electrons. The third-order valence-electron chi connectivity index (χ3n) is 4.80. The summed E-state index contributed by atoms with van der Waals surface area (Å²) in [6.45, 7) is 3.41. The minimum Gasteiger partial charge on any atom is -0.448 e. The molecular weight excluding hydrogens is 346 g/mol. The Morgan fingerprint density at radius 2 is 1.81 bits per heavy atom. The summed E-state index contributed by atoms with van der Waals surface area (Å²) < 4.78 is 4.87. The van der Waals surface area contributed by atoms with Crippen molar-refractivity contribution in [1.82, 2.24) is 19.8 Å². The van der Waals surface area contributed by atoms with Crippen molar-refractivity contribution in [3.05, 3.63) is 42.6 Å². The first-order valence-electron chi connectivity index (χ1n) is 9.03. The molecule has 27 heavy (non-hydrogen) atoms. The van der Waals surface area contributed by atoms with Crippen LogP contribution >= 0.6 is 0 Å². The molecule has 4 rings (SSSR count). The van der Waals surface area contributed by atoms with Crippen molar-refractivity contribution in [2.45, 2.75) is 0 Å². The molecule has 0 saturated carbocycles. The molecule has 1 aromatic carbocycles. The zero-order valence-corrected chi connectivity index (χ0v) is 15.0. The number of amides is 2. The molecule has 2 saturated heterocycles. The number of carbonyl (C=O) groups excluding carboxylic acids is 2. The highest BCUT2D eigenvalue weighted by molar-refractivity contribution is 5.83. The second-order valence-corrected chi connectivity index (χ2v) is 6.51. The summed E-state index contributed by atoms with van der Waals surface area (Å²) in [4.78, 5) is 38.3. The second kappa shape index (κ2) is 7.61. The van der Waals surface area contributed by atoms with E-state index in [-0.39, 0.29) is 12.5 Å². The lowest BCUT2D eigenvalue weighted by molar-refractivity contribution is -0.132. The number of aromatic nitrogens is 2. The molecule has 1 aromatic heterocycles. The molecule has 0 radical (unpaired) electrons. The van der Waals surface area contributed by atoms with Gasteiger partial charge in [-0.25, -0.2) is 14.8 Å². The van der Waals surface area contributed by atoms with E-state index in [1.807, 2.05) is 36.4 Å². The van der Waals surface area contributed by atoms with Crippen molar-refractivity contribution in [2.75, 3.05) is 50.8 Å². The first-order chi connectivity index (χ1) is 13.2. The van der Waals surface area contributed by atoms with Gasteiger partial charge in [0, 0.05) is 37.9 Å². The van der Waals surface area contributed by atoms with E-state index in [0.29, 0.717) is 45.3 Å². The van der Waals surface area contributed by atoms with Gasteiger partial charge in [0.15, 0.2) is 0 Å². The lowest BCUT2D eigenvalue weighted by Gasteiger charge is -2.35. The molecule has 3 heterocycles. The van der Waals surface area contributed by atoms with Crippen molar-refractivity contribution in [3.8, 4) is 11.3 Å². The summed E-state index contributed by atoms with van der Waals surface area (Å²) in [7, 11) is 0. The van der Waals surface area contributed by atoms with Crippen LogP contribution in [0.3, 0.4) is 0 Å². The number of nitrogens with zero attached hydrogens (tertiary/aromatic N) is 5. The topological polar surface area (TPSA) is 78.9 Å². The highest BCUT2D eigenvalue weighted by Gasteiger charge is 2.28. The van der Waals surface area contributed by atoms with Gasteiger partial charge < -0.3 is 14.5 Å². The van der Waals surface area contributed by atoms with Crippen molar-refractivity contribution in [3.63, 3.8) is 0 Å². The van der Waals surface area contributed by atoms with Crippen molar-refractivity contribution >= 4 is 17.9 Å². The fraction of sp³-hybridized carbons (Fsp3) is 0.368. The van der Waals surface area contributed by atoms with Gasteiger partial charge in [-0.2, -0.15) is 0 Å². The van der Waals surface area contributed by atoms with E-state index in [1.54, 1.807) is 11.1 Å². The monoisotopic (exact) mass is 367 g/mol. The van der Waals surface area contributed by atoms with Gasteiger partial charge in [-0.05, 0) is 6.07 Å². The number of anilines is 1. The third-order valence-corrected chi connectivity index (χ3v) is 4.80. The SMILES string of the molecule is O=C(CN1CCOC1=O)N1CCN(c2nccc(-c3ccccc3)n2)CC1. The molecule has 0 unspecified atom stereocenters. The normalized spacial score (nSPS) is 17.2. The molecule has 0 N–H and O–H groups in total.